The van der Waals surface area contributed by atoms with Crippen molar-refractivity contribution in [1.29, 1.82) is 0 Å². The normalized spacial score (nSPS) is 17.5. The third-order valence-electron chi connectivity index (χ3n) is 3.82. The zero-order valence-electron chi connectivity index (χ0n) is 13.3. The van der Waals surface area contributed by atoms with Crippen LogP contribution in [-0.4, -0.2) is 42.1 Å². The van der Waals surface area contributed by atoms with Gasteiger partial charge in [0.2, 0.25) is 5.91 Å². The third kappa shape index (κ3) is 4.70. The number of rotatable bonds is 5. The van der Waals surface area contributed by atoms with E-state index in [9.17, 15) is 14.4 Å². The molecule has 1 heterocycles. The molecular weight excluding hydrogens is 378 g/mol. The van der Waals surface area contributed by atoms with Gasteiger partial charge >= 0.3 is 12.0 Å². The van der Waals surface area contributed by atoms with Gasteiger partial charge in [-0.15, -0.1) is 0 Å². The number of amides is 3. The molecule has 7 nitrogen and oxygen atoms in total. The number of aliphatic carboxylic acids is 1. The molecule has 8 heteroatoms. The Hall–Kier alpha value is -2.09. The lowest BCUT2D eigenvalue weighted by atomic mass is 10.0. The lowest BCUT2D eigenvalue weighted by molar-refractivity contribution is -0.136. The van der Waals surface area contributed by atoms with Gasteiger partial charge in [-0.2, -0.15) is 0 Å². The molecule has 2 rings (SSSR count). The van der Waals surface area contributed by atoms with Crippen molar-refractivity contribution in [3.8, 4) is 0 Å². The molecule has 0 aromatic heterocycles. The molecule has 1 aliphatic heterocycles. The number of aryl methyl sites for hydroxylation is 1. The summed E-state index contributed by atoms with van der Waals surface area (Å²) in [7, 11) is 0. The van der Waals surface area contributed by atoms with E-state index in [0.29, 0.717) is 13.0 Å². The maximum Gasteiger partial charge on any atom is 0.315 e. The Balaban J connectivity index is 1.97. The molecular formula is C16H20BrN3O4. The summed E-state index contributed by atoms with van der Waals surface area (Å²) in [4.78, 5) is 36.5. The molecule has 1 saturated heterocycles. The van der Waals surface area contributed by atoms with Crippen LogP contribution in [0.4, 0.5) is 10.5 Å². The molecule has 3 amide bonds. The quantitative estimate of drug-likeness (QED) is 0.707. The minimum atomic E-state index is -0.985. The molecule has 1 aliphatic rings. The summed E-state index contributed by atoms with van der Waals surface area (Å²) in [6.45, 7) is 2.59. The van der Waals surface area contributed by atoms with E-state index >= 15 is 0 Å². The highest BCUT2D eigenvalue weighted by Crippen LogP contribution is 2.26. The van der Waals surface area contributed by atoms with Gasteiger partial charge in [-0.05, 0) is 43.5 Å². The number of anilines is 1. The van der Waals surface area contributed by atoms with E-state index in [-0.39, 0.29) is 18.9 Å². The van der Waals surface area contributed by atoms with Crippen molar-refractivity contribution in [2.75, 3.05) is 18.0 Å². The van der Waals surface area contributed by atoms with Crippen molar-refractivity contribution in [1.82, 2.24) is 10.6 Å². The van der Waals surface area contributed by atoms with Crippen molar-refractivity contribution < 1.29 is 19.5 Å². The van der Waals surface area contributed by atoms with Crippen LogP contribution in [0.15, 0.2) is 22.7 Å². The van der Waals surface area contributed by atoms with Crippen molar-refractivity contribution >= 4 is 39.5 Å². The highest BCUT2D eigenvalue weighted by Gasteiger charge is 2.30. The van der Waals surface area contributed by atoms with Crippen LogP contribution in [0.1, 0.15) is 24.8 Å². The van der Waals surface area contributed by atoms with E-state index in [1.165, 1.54) is 0 Å². The topological polar surface area (TPSA) is 98.7 Å². The van der Waals surface area contributed by atoms with Crippen LogP contribution in [-0.2, 0) is 9.59 Å². The van der Waals surface area contributed by atoms with E-state index in [1.54, 1.807) is 4.90 Å². The van der Waals surface area contributed by atoms with Gasteiger partial charge in [0, 0.05) is 23.2 Å². The Labute approximate surface area is 148 Å². The van der Waals surface area contributed by atoms with Gasteiger partial charge < -0.3 is 20.6 Å². The van der Waals surface area contributed by atoms with Gasteiger partial charge in [0.1, 0.15) is 6.04 Å². The number of nitrogens with zero attached hydrogens (tertiary/aromatic N) is 1. The Morgan fingerprint density at radius 2 is 2.17 bits per heavy atom. The molecule has 130 valence electrons. The minimum absolute atomic E-state index is 0.0255. The van der Waals surface area contributed by atoms with Gasteiger partial charge in [-0.25, -0.2) is 4.79 Å². The molecule has 1 aromatic carbocycles. The van der Waals surface area contributed by atoms with E-state index < -0.39 is 18.0 Å². The first-order valence-corrected chi connectivity index (χ1v) is 8.51. The standard InChI is InChI=1S/C16H20BrN3O4/c1-10-9-11(4-5-12(10)17)20-8-2-3-13(15(20)23)19-16(24)18-7-6-14(21)22/h4-5,9,13H,2-3,6-8H2,1H3,(H,21,22)(H2,18,19,24). The first kappa shape index (κ1) is 18.3. The van der Waals surface area contributed by atoms with Crippen molar-refractivity contribution in [2.45, 2.75) is 32.2 Å². The molecule has 0 radical (unpaired) electrons. The maximum atomic E-state index is 12.6. The number of hydrogen-bond acceptors (Lipinski definition) is 3. The van der Waals surface area contributed by atoms with Gasteiger partial charge in [0.15, 0.2) is 0 Å². The van der Waals surface area contributed by atoms with Crippen LogP contribution in [0.25, 0.3) is 0 Å². The van der Waals surface area contributed by atoms with Crippen molar-refractivity contribution in [2.24, 2.45) is 0 Å². The number of urea groups is 1. The number of piperidine rings is 1. The van der Waals surface area contributed by atoms with Crippen LogP contribution in [0.5, 0.6) is 0 Å². The Kier molecular flexibility index (Phi) is 6.19. The molecule has 3 N–H and O–H groups in total. The number of carbonyl (C=O) groups excluding carboxylic acids is 2. The summed E-state index contributed by atoms with van der Waals surface area (Å²) in [5.74, 6) is -1.14. The van der Waals surface area contributed by atoms with Crippen LogP contribution in [0, 0.1) is 6.92 Å². The molecule has 0 bridgehead atoms. The number of carbonyl (C=O) groups is 3. The Morgan fingerprint density at radius 3 is 2.83 bits per heavy atom. The van der Waals surface area contributed by atoms with Gasteiger partial charge in [-0.3, -0.25) is 9.59 Å². The second kappa shape index (κ2) is 8.14. The van der Waals surface area contributed by atoms with Crippen LogP contribution >= 0.6 is 15.9 Å². The largest absolute Gasteiger partial charge is 0.481 e. The van der Waals surface area contributed by atoms with Gasteiger partial charge in [-0.1, -0.05) is 15.9 Å². The van der Waals surface area contributed by atoms with E-state index in [0.717, 1.165) is 22.1 Å². The number of hydrogen-bond donors (Lipinski definition) is 3. The summed E-state index contributed by atoms with van der Waals surface area (Å²) < 4.78 is 0.975. The number of nitrogens with one attached hydrogen (secondary N) is 2. The van der Waals surface area contributed by atoms with E-state index in [2.05, 4.69) is 26.6 Å². The smallest absolute Gasteiger partial charge is 0.315 e. The highest BCUT2D eigenvalue weighted by molar-refractivity contribution is 9.10. The fourth-order valence-electron chi connectivity index (χ4n) is 2.55. The van der Waals surface area contributed by atoms with Crippen LogP contribution in [0.2, 0.25) is 0 Å². The number of carboxylic acid groups (broad SMARTS) is 1. The van der Waals surface area contributed by atoms with Gasteiger partial charge in [0.25, 0.3) is 0 Å². The monoisotopic (exact) mass is 397 g/mol. The molecule has 0 aliphatic carbocycles. The van der Waals surface area contributed by atoms with Gasteiger partial charge in [0.05, 0.1) is 6.42 Å². The third-order valence-corrected chi connectivity index (χ3v) is 4.71. The predicted octanol–water partition coefficient (Wildman–Crippen LogP) is 2.03. The van der Waals surface area contributed by atoms with Crippen molar-refractivity contribution in [3.63, 3.8) is 0 Å². The molecule has 1 aromatic rings. The summed E-state index contributed by atoms with van der Waals surface area (Å²) in [5, 5.41) is 13.6. The van der Waals surface area contributed by atoms with E-state index in [1.807, 2.05) is 25.1 Å². The number of benzene rings is 1. The first-order valence-electron chi connectivity index (χ1n) is 7.72. The average molecular weight is 398 g/mol. The lowest BCUT2D eigenvalue weighted by Crippen LogP contribution is -2.54. The molecule has 1 atom stereocenters. The zero-order valence-corrected chi connectivity index (χ0v) is 14.9. The summed E-state index contributed by atoms with van der Waals surface area (Å²) in [5.41, 5.74) is 1.83. The second-order valence-electron chi connectivity index (χ2n) is 5.66. The average Bonchev–Trinajstić information content (AvgIpc) is 2.52. The first-order chi connectivity index (χ1) is 11.4. The molecule has 1 fully saturated rings. The molecule has 24 heavy (non-hydrogen) atoms. The zero-order chi connectivity index (χ0) is 17.7. The summed E-state index contributed by atoms with van der Waals surface area (Å²) in [6.07, 6.45) is 1.19. The fraction of sp³-hybridized carbons (Fsp3) is 0.438. The minimum Gasteiger partial charge on any atom is -0.481 e. The maximum absolute atomic E-state index is 12.6. The molecule has 0 saturated carbocycles. The Morgan fingerprint density at radius 1 is 1.42 bits per heavy atom. The number of halogens is 1. The SMILES string of the molecule is Cc1cc(N2CCCC(NC(=O)NCCC(=O)O)C2=O)ccc1Br. The Bertz CT molecular complexity index is 650. The lowest BCUT2D eigenvalue weighted by Gasteiger charge is -2.33. The number of carboxylic acids is 1. The highest BCUT2D eigenvalue weighted by atomic mass is 79.9. The summed E-state index contributed by atoms with van der Waals surface area (Å²) >= 11 is 3.44. The van der Waals surface area contributed by atoms with E-state index in [4.69, 9.17) is 5.11 Å². The fourth-order valence-corrected chi connectivity index (χ4v) is 2.80. The van der Waals surface area contributed by atoms with Crippen LogP contribution < -0.4 is 15.5 Å². The molecule has 1 unspecified atom stereocenters. The molecule has 0 spiro atoms. The summed E-state index contributed by atoms with van der Waals surface area (Å²) in [6, 6.07) is 4.56. The van der Waals surface area contributed by atoms with Crippen molar-refractivity contribution in [3.05, 3.63) is 28.2 Å². The second-order valence-corrected chi connectivity index (χ2v) is 6.52. The van der Waals surface area contributed by atoms with Crippen LogP contribution in [0.3, 0.4) is 0 Å². The predicted molar refractivity (Wildman–Crippen MR) is 93.0 cm³/mol.